The van der Waals surface area contributed by atoms with E-state index >= 15 is 0 Å². The molecule has 0 radical (unpaired) electrons. The second-order valence-corrected chi connectivity index (χ2v) is 7.78. The van der Waals surface area contributed by atoms with Crippen molar-refractivity contribution in [1.82, 2.24) is 9.55 Å². The zero-order valence-electron chi connectivity index (χ0n) is 13.4. The molecule has 0 bridgehead atoms. The summed E-state index contributed by atoms with van der Waals surface area (Å²) in [7, 11) is 1.98. The average molecular weight is 264 g/mol. The highest BCUT2D eigenvalue weighted by Crippen LogP contribution is 2.32. The van der Waals surface area contributed by atoms with Crippen molar-refractivity contribution in [2.75, 3.05) is 0 Å². The second kappa shape index (κ2) is 5.48. The van der Waals surface area contributed by atoms with Crippen LogP contribution in [0.3, 0.4) is 0 Å². The average Bonchev–Trinajstić information content (AvgIpc) is 2.59. The van der Waals surface area contributed by atoms with Crippen LogP contribution in [0.15, 0.2) is 12.5 Å². The number of ketones is 1. The molecule has 1 atom stereocenters. The molecule has 0 N–H and O–H groups in total. The number of aromatic nitrogens is 2. The standard InChI is InChI=1S/C16H28N2O/c1-15(2,3)9-12(14(19)16(4,5)6)8-13-10-17-11-18(13)7/h10-12H,8-9H2,1-7H3. The third-order valence-corrected chi connectivity index (χ3v) is 3.34. The maximum absolute atomic E-state index is 12.7. The summed E-state index contributed by atoms with van der Waals surface area (Å²) in [6.45, 7) is 12.6. The number of carbonyl (C=O) groups excluding carboxylic acids is 1. The van der Waals surface area contributed by atoms with Crippen LogP contribution in [0.5, 0.6) is 0 Å². The summed E-state index contributed by atoms with van der Waals surface area (Å²) in [6, 6.07) is 0. The fourth-order valence-corrected chi connectivity index (χ4v) is 2.44. The fourth-order valence-electron chi connectivity index (χ4n) is 2.44. The zero-order valence-corrected chi connectivity index (χ0v) is 13.4. The van der Waals surface area contributed by atoms with Gasteiger partial charge >= 0.3 is 0 Å². The van der Waals surface area contributed by atoms with Gasteiger partial charge in [-0.05, 0) is 18.3 Å². The molecule has 1 heterocycles. The monoisotopic (exact) mass is 264 g/mol. The zero-order chi connectivity index (χ0) is 14.8. The number of nitrogens with zero attached hydrogens (tertiary/aromatic N) is 2. The number of imidazole rings is 1. The third-order valence-electron chi connectivity index (χ3n) is 3.34. The smallest absolute Gasteiger partial charge is 0.141 e. The van der Waals surface area contributed by atoms with Crippen LogP contribution in [0.1, 0.15) is 53.7 Å². The number of carbonyl (C=O) groups is 1. The van der Waals surface area contributed by atoms with Crippen LogP contribution in [-0.4, -0.2) is 15.3 Å². The number of hydrogen-bond acceptors (Lipinski definition) is 2. The van der Waals surface area contributed by atoms with Crippen molar-refractivity contribution in [3.63, 3.8) is 0 Å². The van der Waals surface area contributed by atoms with Gasteiger partial charge in [0.2, 0.25) is 0 Å². The summed E-state index contributed by atoms with van der Waals surface area (Å²) in [5, 5.41) is 0. The molecule has 1 rings (SSSR count). The summed E-state index contributed by atoms with van der Waals surface area (Å²) in [5.74, 6) is 0.416. The maximum Gasteiger partial charge on any atom is 0.141 e. The molecular formula is C16H28N2O. The molecule has 0 amide bonds. The summed E-state index contributed by atoms with van der Waals surface area (Å²) in [5.41, 5.74) is 1.01. The summed E-state index contributed by atoms with van der Waals surface area (Å²) in [4.78, 5) is 16.8. The van der Waals surface area contributed by atoms with Crippen LogP contribution in [0.2, 0.25) is 0 Å². The Morgan fingerprint density at radius 2 is 1.84 bits per heavy atom. The van der Waals surface area contributed by atoms with Gasteiger partial charge in [0.25, 0.3) is 0 Å². The quantitative estimate of drug-likeness (QED) is 0.832. The third kappa shape index (κ3) is 4.81. The van der Waals surface area contributed by atoms with Crippen LogP contribution in [0, 0.1) is 16.7 Å². The summed E-state index contributed by atoms with van der Waals surface area (Å²) >= 11 is 0. The van der Waals surface area contributed by atoms with Crippen LogP contribution in [0.4, 0.5) is 0 Å². The summed E-state index contributed by atoms with van der Waals surface area (Å²) < 4.78 is 2.01. The molecule has 0 spiro atoms. The Morgan fingerprint density at radius 1 is 1.26 bits per heavy atom. The van der Waals surface area contributed by atoms with Gasteiger partial charge in [-0.15, -0.1) is 0 Å². The number of Topliss-reactive ketones (excluding diaryl/α,β-unsaturated/α-hetero) is 1. The van der Waals surface area contributed by atoms with Gasteiger partial charge in [-0.3, -0.25) is 4.79 Å². The Labute approximate surface area is 117 Å². The Morgan fingerprint density at radius 3 is 2.21 bits per heavy atom. The van der Waals surface area contributed by atoms with E-state index in [1.54, 1.807) is 6.33 Å². The van der Waals surface area contributed by atoms with Gasteiger partial charge in [-0.2, -0.15) is 0 Å². The van der Waals surface area contributed by atoms with Crippen molar-refractivity contribution in [3.05, 3.63) is 18.2 Å². The topological polar surface area (TPSA) is 34.9 Å². The minimum absolute atomic E-state index is 0.0652. The first-order valence-electron chi connectivity index (χ1n) is 7.00. The molecule has 0 saturated heterocycles. The van der Waals surface area contributed by atoms with Crippen molar-refractivity contribution in [1.29, 1.82) is 0 Å². The molecule has 19 heavy (non-hydrogen) atoms. The van der Waals surface area contributed by atoms with E-state index in [2.05, 4.69) is 25.8 Å². The molecule has 108 valence electrons. The molecule has 1 aromatic rings. The molecule has 0 aliphatic rings. The molecule has 0 saturated carbocycles. The van der Waals surface area contributed by atoms with Gasteiger partial charge in [0, 0.05) is 30.3 Å². The van der Waals surface area contributed by atoms with Gasteiger partial charge in [-0.1, -0.05) is 41.5 Å². The van der Waals surface area contributed by atoms with Crippen LogP contribution >= 0.6 is 0 Å². The van der Waals surface area contributed by atoms with Crippen molar-refractivity contribution in [2.45, 2.75) is 54.4 Å². The van der Waals surface area contributed by atoms with Crippen LogP contribution in [-0.2, 0) is 18.3 Å². The molecule has 0 aromatic carbocycles. The first-order chi connectivity index (χ1) is 8.50. The molecule has 0 aliphatic heterocycles. The molecule has 3 heteroatoms. The first kappa shape index (κ1) is 15.9. The first-order valence-corrected chi connectivity index (χ1v) is 7.00. The Kier molecular flexibility index (Phi) is 4.59. The number of hydrogen-bond donors (Lipinski definition) is 0. The highest BCUT2D eigenvalue weighted by molar-refractivity contribution is 5.86. The molecule has 1 aromatic heterocycles. The predicted octanol–water partition coefficient (Wildman–Crippen LogP) is 3.63. The van der Waals surface area contributed by atoms with Gasteiger partial charge in [0.1, 0.15) is 5.78 Å². The lowest BCUT2D eigenvalue weighted by Crippen LogP contribution is -2.32. The number of aryl methyl sites for hydroxylation is 1. The van der Waals surface area contributed by atoms with Crippen LogP contribution in [0.25, 0.3) is 0 Å². The Balaban J connectivity index is 2.93. The Bertz CT molecular complexity index is 432. The lowest BCUT2D eigenvalue weighted by molar-refractivity contribution is -0.131. The molecular weight excluding hydrogens is 236 g/mol. The van der Waals surface area contributed by atoms with Crippen molar-refractivity contribution >= 4 is 5.78 Å². The largest absolute Gasteiger partial charge is 0.338 e. The van der Waals surface area contributed by atoms with Crippen molar-refractivity contribution < 1.29 is 4.79 Å². The Hall–Kier alpha value is -1.12. The van der Waals surface area contributed by atoms with Gasteiger partial charge in [0.15, 0.2) is 0 Å². The SMILES string of the molecule is Cn1cncc1CC(CC(C)(C)C)C(=O)C(C)(C)C. The van der Waals surface area contributed by atoms with E-state index in [1.807, 2.05) is 38.6 Å². The minimum atomic E-state index is -0.283. The van der Waals surface area contributed by atoms with Gasteiger partial charge in [0.05, 0.1) is 6.33 Å². The van der Waals surface area contributed by atoms with Crippen molar-refractivity contribution in [2.24, 2.45) is 23.8 Å². The summed E-state index contributed by atoms with van der Waals surface area (Å²) in [6.07, 6.45) is 5.36. The fraction of sp³-hybridized carbons (Fsp3) is 0.750. The maximum atomic E-state index is 12.7. The highest BCUT2D eigenvalue weighted by Gasteiger charge is 2.32. The van der Waals surface area contributed by atoms with E-state index in [4.69, 9.17) is 0 Å². The van der Waals surface area contributed by atoms with E-state index in [0.717, 1.165) is 18.5 Å². The predicted molar refractivity (Wildman–Crippen MR) is 78.9 cm³/mol. The van der Waals surface area contributed by atoms with Gasteiger partial charge in [-0.25, -0.2) is 4.98 Å². The van der Waals surface area contributed by atoms with E-state index in [0.29, 0.717) is 5.78 Å². The van der Waals surface area contributed by atoms with Gasteiger partial charge < -0.3 is 4.57 Å². The molecule has 0 aliphatic carbocycles. The normalized spacial score (nSPS) is 14.5. The molecule has 0 fully saturated rings. The van der Waals surface area contributed by atoms with Crippen LogP contribution < -0.4 is 0 Å². The molecule has 3 nitrogen and oxygen atoms in total. The van der Waals surface area contributed by atoms with E-state index in [1.165, 1.54) is 0 Å². The van der Waals surface area contributed by atoms with Crippen molar-refractivity contribution in [3.8, 4) is 0 Å². The van der Waals surface area contributed by atoms with E-state index < -0.39 is 0 Å². The van der Waals surface area contributed by atoms with E-state index in [9.17, 15) is 4.79 Å². The second-order valence-electron chi connectivity index (χ2n) is 7.78. The lowest BCUT2D eigenvalue weighted by atomic mass is 9.74. The number of rotatable bonds is 4. The minimum Gasteiger partial charge on any atom is -0.338 e. The lowest BCUT2D eigenvalue weighted by Gasteiger charge is -2.30. The van der Waals surface area contributed by atoms with E-state index in [-0.39, 0.29) is 16.7 Å². The highest BCUT2D eigenvalue weighted by atomic mass is 16.1. The molecule has 1 unspecified atom stereocenters.